The molecule has 4 aromatic rings. The third-order valence-electron chi connectivity index (χ3n) is 14.3. The quantitative estimate of drug-likeness (QED) is 0.109. The number of hydrogen-bond acceptors (Lipinski definition) is 5. The molecule has 0 bridgehead atoms. The maximum Gasteiger partial charge on any atom is 0.416 e. The van der Waals surface area contributed by atoms with Gasteiger partial charge in [0.15, 0.2) is 0 Å². The zero-order valence-corrected chi connectivity index (χ0v) is 40.5. The lowest BCUT2D eigenvalue weighted by Crippen LogP contribution is -2.55. The summed E-state index contributed by atoms with van der Waals surface area (Å²) in [4.78, 5) is 23.4. The van der Waals surface area contributed by atoms with Crippen LogP contribution < -0.4 is 10.6 Å². The highest BCUT2D eigenvalue weighted by atomic mass is 19.4. The van der Waals surface area contributed by atoms with E-state index in [2.05, 4.69) is 10.6 Å². The van der Waals surface area contributed by atoms with E-state index in [-0.39, 0.29) is 60.4 Å². The molecule has 396 valence electrons. The van der Waals surface area contributed by atoms with Crippen molar-refractivity contribution in [2.24, 2.45) is 0 Å². The Morgan fingerprint density at radius 1 is 0.514 bits per heavy atom. The summed E-state index contributed by atoms with van der Waals surface area (Å²) < 4.78 is 172. The van der Waals surface area contributed by atoms with E-state index in [0.29, 0.717) is 63.5 Å². The molecule has 0 radical (unpaired) electrons. The van der Waals surface area contributed by atoms with Crippen LogP contribution in [-0.2, 0) is 54.6 Å². The fourth-order valence-electron chi connectivity index (χ4n) is 9.86. The van der Waals surface area contributed by atoms with Crippen LogP contribution in [-0.4, -0.2) is 47.8 Å². The van der Waals surface area contributed by atoms with Gasteiger partial charge >= 0.3 is 24.7 Å². The molecule has 0 aliphatic heterocycles. The minimum Gasteiger partial charge on any atom is -0.394 e. The summed E-state index contributed by atoms with van der Waals surface area (Å²) >= 11 is 0. The molecule has 2 fully saturated rings. The predicted molar refractivity (Wildman–Crippen MR) is 245 cm³/mol. The SMILES string of the molecule is CC(=O)NC1(CO)CCC(CO[C@H](C)c2cc(C(F)(F)F)cc(C(F)(F)F)c2)(c2ccccc2)CC1.CCC1(NC(C)=O)CCC(CO[C@H](C)c2cc(C(F)(F)F)cc(C(F)(F)F)c2)(c2ccccc2)CC1. The summed E-state index contributed by atoms with van der Waals surface area (Å²) in [6.45, 7) is 7.65. The summed E-state index contributed by atoms with van der Waals surface area (Å²) in [5.41, 5.74) is -6.23. The summed E-state index contributed by atoms with van der Waals surface area (Å²) in [7, 11) is 0. The zero-order valence-electron chi connectivity index (χ0n) is 40.5. The second-order valence-electron chi connectivity index (χ2n) is 19.3. The first-order chi connectivity index (χ1) is 33.4. The summed E-state index contributed by atoms with van der Waals surface area (Å²) in [6.07, 6.45) is -16.5. The number of carbonyl (C=O) groups excluding carboxylic acids is 2. The lowest BCUT2D eigenvalue weighted by atomic mass is 9.64. The van der Waals surface area contributed by atoms with Crippen molar-refractivity contribution in [1.29, 1.82) is 0 Å². The van der Waals surface area contributed by atoms with Crippen molar-refractivity contribution in [1.82, 2.24) is 10.6 Å². The normalized spacial score (nSPS) is 23.8. The Bertz CT molecular complexity index is 2190. The molecule has 0 unspecified atom stereocenters. The molecule has 7 nitrogen and oxygen atoms in total. The van der Waals surface area contributed by atoms with Crippen molar-refractivity contribution in [3.05, 3.63) is 142 Å². The molecule has 2 atom stereocenters. The lowest BCUT2D eigenvalue weighted by molar-refractivity contribution is -0.145. The van der Waals surface area contributed by atoms with Crippen LogP contribution in [0.5, 0.6) is 0 Å². The van der Waals surface area contributed by atoms with E-state index < -0.39 is 75.5 Å². The van der Waals surface area contributed by atoms with E-state index >= 15 is 0 Å². The van der Waals surface area contributed by atoms with E-state index in [0.717, 1.165) is 29.7 Å². The van der Waals surface area contributed by atoms with Crippen molar-refractivity contribution in [2.75, 3.05) is 19.8 Å². The molecule has 2 saturated carbocycles. The van der Waals surface area contributed by atoms with Gasteiger partial charge in [-0.05, 0) is 130 Å². The van der Waals surface area contributed by atoms with Crippen LogP contribution in [0.4, 0.5) is 52.7 Å². The van der Waals surface area contributed by atoms with Gasteiger partial charge in [0.2, 0.25) is 11.8 Å². The number of ether oxygens (including phenoxy) is 2. The maximum atomic E-state index is 13.3. The molecule has 2 aliphatic rings. The molecular weight excluding hydrogens is 973 g/mol. The van der Waals surface area contributed by atoms with Gasteiger partial charge in [-0.2, -0.15) is 52.7 Å². The summed E-state index contributed by atoms with van der Waals surface area (Å²) in [6, 6.07) is 21.9. The Hall–Kier alpha value is -5.14. The van der Waals surface area contributed by atoms with Crippen LogP contribution in [0.15, 0.2) is 97.1 Å². The molecule has 19 heteroatoms. The van der Waals surface area contributed by atoms with Crippen molar-refractivity contribution in [2.45, 2.75) is 151 Å². The molecular formula is C53H60F12N2O5. The summed E-state index contributed by atoms with van der Waals surface area (Å²) in [5, 5.41) is 15.8. The van der Waals surface area contributed by atoms with E-state index in [1.54, 1.807) is 0 Å². The Labute approximate surface area is 411 Å². The molecule has 0 aromatic heterocycles. The molecule has 72 heavy (non-hydrogen) atoms. The van der Waals surface area contributed by atoms with Gasteiger partial charge in [-0.3, -0.25) is 9.59 Å². The highest BCUT2D eigenvalue weighted by Gasteiger charge is 2.47. The molecule has 2 aliphatic carbocycles. The fourth-order valence-corrected chi connectivity index (χ4v) is 9.86. The van der Waals surface area contributed by atoms with Crippen molar-refractivity contribution in [3.63, 3.8) is 0 Å². The third-order valence-corrected chi connectivity index (χ3v) is 14.3. The van der Waals surface area contributed by atoms with Crippen molar-refractivity contribution in [3.8, 4) is 0 Å². The van der Waals surface area contributed by atoms with E-state index in [1.807, 2.05) is 67.6 Å². The minimum absolute atomic E-state index is 0.0390. The van der Waals surface area contributed by atoms with Crippen LogP contribution in [0.2, 0.25) is 0 Å². The van der Waals surface area contributed by atoms with Crippen LogP contribution >= 0.6 is 0 Å². The zero-order chi connectivity index (χ0) is 53.6. The average molecular weight is 1030 g/mol. The molecule has 3 N–H and O–H groups in total. The highest BCUT2D eigenvalue weighted by molar-refractivity contribution is 5.74. The number of carbonyl (C=O) groups is 2. The Kier molecular flexibility index (Phi) is 18.1. The smallest absolute Gasteiger partial charge is 0.394 e. The van der Waals surface area contributed by atoms with E-state index in [1.165, 1.54) is 27.7 Å². The lowest BCUT2D eigenvalue weighted by Gasteiger charge is -2.47. The number of aliphatic hydroxyl groups is 1. The monoisotopic (exact) mass is 1030 g/mol. The average Bonchev–Trinajstić information content (AvgIpc) is 3.32. The maximum absolute atomic E-state index is 13.3. The number of rotatable bonds is 14. The molecule has 0 heterocycles. The van der Waals surface area contributed by atoms with Crippen LogP contribution in [0.3, 0.4) is 0 Å². The number of aliphatic hydroxyl groups excluding tert-OH is 1. The first-order valence-electron chi connectivity index (χ1n) is 23.5. The first-order valence-corrected chi connectivity index (χ1v) is 23.5. The molecule has 4 aromatic carbocycles. The Morgan fingerprint density at radius 2 is 0.806 bits per heavy atom. The summed E-state index contributed by atoms with van der Waals surface area (Å²) in [5.74, 6) is -0.384. The van der Waals surface area contributed by atoms with Crippen molar-refractivity contribution >= 4 is 11.8 Å². The standard InChI is InChI=1S/C27H31F6NO2.C26H29F6NO3/c1-4-25(34-19(3)35)12-10-24(11-13-25,21-8-6-5-7-9-21)17-36-18(2)20-14-22(26(28,29)30)16-23(15-20)27(31,32)33;1-17(19-12-21(25(27,28)29)14-22(13-19)26(30,31)32)36-16-23(20-6-4-3-5-7-20)8-10-24(15-34,11-9-23)33-18(2)35/h5-9,14-16,18H,4,10-13,17H2,1-3H3,(H,34,35);3-7,12-14,17,34H,8-11,15-16H2,1-2H3,(H,33,35)/t18-,24?,25?;17-,23?,24?/m11/s1. The van der Waals surface area contributed by atoms with Gasteiger partial charge in [-0.15, -0.1) is 0 Å². The number of nitrogens with one attached hydrogen (secondary N) is 2. The highest BCUT2D eigenvalue weighted by Crippen LogP contribution is 2.48. The third kappa shape index (κ3) is 14.5. The van der Waals surface area contributed by atoms with Gasteiger partial charge in [0.1, 0.15) is 0 Å². The van der Waals surface area contributed by atoms with Crippen LogP contribution in [0.1, 0.15) is 149 Å². The number of amides is 2. The second kappa shape index (κ2) is 22.5. The first kappa shape index (κ1) is 57.8. The van der Waals surface area contributed by atoms with Gasteiger partial charge in [0.25, 0.3) is 0 Å². The number of benzene rings is 4. The molecule has 0 saturated heterocycles. The van der Waals surface area contributed by atoms with E-state index in [9.17, 15) is 67.4 Å². The number of alkyl halides is 12. The second-order valence-corrected chi connectivity index (χ2v) is 19.3. The topological polar surface area (TPSA) is 96.9 Å². The molecule has 6 rings (SSSR count). The van der Waals surface area contributed by atoms with Gasteiger partial charge in [0, 0.05) is 30.2 Å². The van der Waals surface area contributed by atoms with Gasteiger partial charge in [-0.25, -0.2) is 0 Å². The van der Waals surface area contributed by atoms with Crippen LogP contribution in [0, 0.1) is 0 Å². The fraction of sp³-hybridized carbons (Fsp3) is 0.509. The largest absolute Gasteiger partial charge is 0.416 e. The van der Waals surface area contributed by atoms with E-state index in [4.69, 9.17) is 9.47 Å². The minimum atomic E-state index is -4.94. The van der Waals surface area contributed by atoms with Gasteiger partial charge < -0.3 is 25.2 Å². The number of hydrogen-bond donors (Lipinski definition) is 3. The van der Waals surface area contributed by atoms with Gasteiger partial charge in [0.05, 0.1) is 59.8 Å². The predicted octanol–water partition coefficient (Wildman–Crippen LogP) is 13.8. The Morgan fingerprint density at radius 3 is 1.07 bits per heavy atom. The van der Waals surface area contributed by atoms with Crippen LogP contribution in [0.25, 0.3) is 0 Å². The molecule has 0 spiro atoms. The Balaban J connectivity index is 0.000000267. The van der Waals surface area contributed by atoms with Gasteiger partial charge in [-0.1, -0.05) is 67.6 Å². The van der Waals surface area contributed by atoms with Crippen molar-refractivity contribution < 1.29 is 76.9 Å². The number of halogens is 12. The molecule has 2 amide bonds.